The molecule has 2 rings (SSSR count). The molecule has 0 aromatic heterocycles. The summed E-state index contributed by atoms with van der Waals surface area (Å²) in [4.78, 5) is 63.6. The van der Waals surface area contributed by atoms with Gasteiger partial charge in [-0.15, -0.1) is 0 Å². The third-order valence-electron chi connectivity index (χ3n) is 4.70. The number of unbranched alkanes of at least 4 members (excludes halogenated alkanes) is 3. The molecule has 14 heteroatoms. The number of rotatable bonds is 17. The number of benzene rings is 2. The molecule has 0 spiro atoms. The first kappa shape index (κ1) is 31.7. The zero-order valence-electron chi connectivity index (χ0n) is 22.0. The van der Waals surface area contributed by atoms with E-state index in [9.17, 15) is 19.2 Å². The van der Waals surface area contributed by atoms with Gasteiger partial charge >= 0.3 is 24.2 Å². The van der Waals surface area contributed by atoms with Crippen LogP contribution in [0.15, 0.2) is 48.5 Å². The maximum Gasteiger partial charge on any atom is 0.543 e. The van der Waals surface area contributed by atoms with Crippen LogP contribution in [0.4, 0.5) is 9.59 Å². The van der Waals surface area contributed by atoms with Gasteiger partial charge in [-0.3, -0.25) is 9.78 Å². The smallest absolute Gasteiger partial charge is 0.494 e. The molecule has 2 aromatic rings. The quantitative estimate of drug-likeness (QED) is 0.108. The zero-order chi connectivity index (χ0) is 29.0. The van der Waals surface area contributed by atoms with Crippen LogP contribution in [0.1, 0.15) is 60.2 Å². The molecule has 40 heavy (non-hydrogen) atoms. The molecule has 0 aliphatic carbocycles. The maximum absolute atomic E-state index is 11.8. The molecule has 0 saturated heterocycles. The topological polar surface area (TPSA) is 161 Å². The van der Waals surface area contributed by atoms with E-state index in [4.69, 9.17) is 18.9 Å². The van der Waals surface area contributed by atoms with Crippen LogP contribution in [0, 0.1) is 0 Å². The van der Waals surface area contributed by atoms with Crippen LogP contribution in [0.25, 0.3) is 0 Å². The maximum atomic E-state index is 11.8. The van der Waals surface area contributed by atoms with Crippen molar-refractivity contribution in [1.29, 1.82) is 0 Å². The summed E-state index contributed by atoms with van der Waals surface area (Å²) in [7, 11) is 0. The third kappa shape index (κ3) is 12.8. The summed E-state index contributed by atoms with van der Waals surface area (Å²) in [5, 5.41) is 8.28. The fourth-order valence-electron chi connectivity index (χ4n) is 2.87. The van der Waals surface area contributed by atoms with Crippen molar-refractivity contribution in [3.05, 3.63) is 59.7 Å². The Labute approximate surface area is 229 Å². The Morgan fingerprint density at radius 1 is 0.525 bits per heavy atom. The lowest BCUT2D eigenvalue weighted by Crippen LogP contribution is -2.13. The second-order valence-corrected chi connectivity index (χ2v) is 7.57. The highest BCUT2D eigenvalue weighted by Gasteiger charge is 2.14. The fourth-order valence-corrected chi connectivity index (χ4v) is 2.87. The lowest BCUT2D eigenvalue weighted by Gasteiger charge is -2.06. The molecule has 0 fully saturated rings. The van der Waals surface area contributed by atoms with Gasteiger partial charge in [0.05, 0.1) is 47.6 Å². The van der Waals surface area contributed by atoms with Gasteiger partial charge in [-0.25, -0.2) is 29.0 Å². The lowest BCUT2D eigenvalue weighted by molar-refractivity contribution is -0.452. The number of carbonyl (C=O) groups excluding carboxylic acids is 4. The Balaban J connectivity index is 1.42. The van der Waals surface area contributed by atoms with Crippen LogP contribution in [0.2, 0.25) is 0 Å². The van der Waals surface area contributed by atoms with Gasteiger partial charge < -0.3 is 18.9 Å². The Bertz CT molecular complexity index is 967. The summed E-state index contributed by atoms with van der Waals surface area (Å²) in [6, 6.07) is 12.1. The van der Waals surface area contributed by atoms with E-state index in [1.54, 1.807) is 24.3 Å². The first-order chi connectivity index (χ1) is 19.4. The summed E-state index contributed by atoms with van der Waals surface area (Å²) >= 11 is 0. The predicted molar refractivity (Wildman–Crippen MR) is 132 cm³/mol. The van der Waals surface area contributed by atoms with E-state index < -0.39 is 24.2 Å². The van der Waals surface area contributed by atoms with Crippen LogP contribution < -0.4 is 9.47 Å². The number of hydrogen-bond acceptors (Lipinski definition) is 14. The van der Waals surface area contributed by atoms with Crippen molar-refractivity contribution in [1.82, 2.24) is 0 Å². The van der Waals surface area contributed by atoms with Crippen molar-refractivity contribution >= 4 is 24.2 Å². The van der Waals surface area contributed by atoms with E-state index in [2.05, 4.69) is 29.6 Å². The Morgan fingerprint density at radius 3 is 1.25 bits per heavy atom. The molecule has 0 amide bonds. The molecule has 0 bridgehead atoms. The average molecular weight is 567 g/mol. The van der Waals surface area contributed by atoms with E-state index in [1.807, 2.05) is 13.8 Å². The molecule has 0 unspecified atom stereocenters. The van der Waals surface area contributed by atoms with Crippen molar-refractivity contribution in [2.75, 3.05) is 26.4 Å². The van der Waals surface area contributed by atoms with Crippen LogP contribution in [-0.2, 0) is 39.1 Å². The van der Waals surface area contributed by atoms with E-state index >= 15 is 0 Å². The van der Waals surface area contributed by atoms with Crippen LogP contribution in [0.5, 0.6) is 11.5 Å². The molecule has 0 aliphatic rings. The van der Waals surface area contributed by atoms with E-state index in [1.165, 1.54) is 24.3 Å². The minimum atomic E-state index is -1.19. The molecule has 0 aliphatic heterocycles. The van der Waals surface area contributed by atoms with Crippen LogP contribution >= 0.6 is 0 Å². The van der Waals surface area contributed by atoms with E-state index in [-0.39, 0.29) is 24.3 Å². The van der Waals surface area contributed by atoms with Gasteiger partial charge in [-0.05, 0) is 88.1 Å². The summed E-state index contributed by atoms with van der Waals surface area (Å²) in [6.45, 7) is 4.67. The highest BCUT2D eigenvalue weighted by molar-refractivity contribution is 5.89. The Kier molecular flexibility index (Phi) is 14.8. The summed E-state index contributed by atoms with van der Waals surface area (Å²) < 4.78 is 20.1. The largest absolute Gasteiger partial charge is 0.543 e. The number of hydrogen-bond donors (Lipinski definition) is 0. The van der Waals surface area contributed by atoms with Gasteiger partial charge in [0.25, 0.3) is 0 Å². The Morgan fingerprint density at radius 2 is 0.900 bits per heavy atom. The van der Waals surface area contributed by atoms with Gasteiger partial charge in [-0.2, -0.15) is 0 Å². The van der Waals surface area contributed by atoms with Gasteiger partial charge in [-0.1, -0.05) is 0 Å². The van der Waals surface area contributed by atoms with Crippen molar-refractivity contribution < 1.29 is 67.8 Å². The third-order valence-corrected chi connectivity index (χ3v) is 4.70. The van der Waals surface area contributed by atoms with Gasteiger partial charge in [0, 0.05) is 0 Å². The second kappa shape index (κ2) is 18.7. The molecular formula is C26H30O14. The molecular weight excluding hydrogens is 536 g/mol. The highest BCUT2D eigenvalue weighted by atomic mass is 17.5. The standard InChI is InChI=1S/C26H30O14/c1-3-31-21-13-9-19(10-14-21)23(27)35-39-37-25(29)33-17-7-5-6-8-18-34-26(30)38-40-36-24(28)20-11-15-22(16-12-20)32-4-2/h9-16H,3-8,17-18H2,1-2H3. The Hall–Kier alpha value is -4.56. The first-order valence-electron chi connectivity index (χ1n) is 12.3. The lowest BCUT2D eigenvalue weighted by atomic mass is 10.2. The number of ether oxygens (including phenoxy) is 4. The molecule has 14 nitrogen and oxygen atoms in total. The molecule has 218 valence electrons. The fraction of sp³-hybridized carbons (Fsp3) is 0.385. The molecule has 0 atom stereocenters. The minimum Gasteiger partial charge on any atom is -0.494 e. The molecule has 0 saturated carbocycles. The van der Waals surface area contributed by atoms with Gasteiger partial charge in [0.2, 0.25) is 0 Å². The molecule has 2 aromatic carbocycles. The summed E-state index contributed by atoms with van der Waals surface area (Å²) in [5.74, 6) is -0.584. The monoisotopic (exact) mass is 566 g/mol. The molecule has 0 radical (unpaired) electrons. The van der Waals surface area contributed by atoms with Crippen molar-refractivity contribution in [2.24, 2.45) is 0 Å². The summed E-state index contributed by atoms with van der Waals surface area (Å²) in [6.07, 6.45) is -0.139. The molecule has 0 N–H and O–H groups in total. The predicted octanol–water partition coefficient (Wildman–Crippen LogP) is 5.06. The first-order valence-corrected chi connectivity index (χ1v) is 12.3. The highest BCUT2D eigenvalue weighted by Crippen LogP contribution is 2.14. The normalized spacial score (nSPS) is 10.2. The van der Waals surface area contributed by atoms with Crippen molar-refractivity contribution in [2.45, 2.75) is 39.5 Å². The second-order valence-electron chi connectivity index (χ2n) is 7.57. The van der Waals surface area contributed by atoms with Gasteiger partial charge in [0.15, 0.2) is 0 Å². The minimum absolute atomic E-state index is 0.0193. The van der Waals surface area contributed by atoms with Crippen molar-refractivity contribution in [3.63, 3.8) is 0 Å². The average Bonchev–Trinajstić information content (AvgIpc) is 2.95. The van der Waals surface area contributed by atoms with Crippen LogP contribution in [-0.4, -0.2) is 50.7 Å². The van der Waals surface area contributed by atoms with E-state index in [0.29, 0.717) is 50.4 Å². The molecule has 0 heterocycles. The summed E-state index contributed by atoms with van der Waals surface area (Å²) in [5.41, 5.74) is 0.322. The van der Waals surface area contributed by atoms with Crippen LogP contribution in [0.3, 0.4) is 0 Å². The van der Waals surface area contributed by atoms with Gasteiger partial charge in [0.1, 0.15) is 11.5 Å². The van der Waals surface area contributed by atoms with E-state index in [0.717, 1.165) is 0 Å². The SMILES string of the molecule is CCOc1ccc(C(=O)OOOC(=O)OCCCCCCOC(=O)OOOC(=O)c2ccc(OCC)cc2)cc1. The van der Waals surface area contributed by atoms with Crippen molar-refractivity contribution in [3.8, 4) is 11.5 Å². The number of carbonyl (C=O) groups is 4. The zero-order valence-corrected chi connectivity index (χ0v) is 22.0.